The van der Waals surface area contributed by atoms with Crippen LogP contribution in [0.5, 0.6) is 5.75 Å². The van der Waals surface area contributed by atoms with Gasteiger partial charge in [0, 0.05) is 6.20 Å². The summed E-state index contributed by atoms with van der Waals surface area (Å²) in [5, 5.41) is 12.0. The Morgan fingerprint density at radius 3 is 2.61 bits per heavy atom. The fourth-order valence-electron chi connectivity index (χ4n) is 1.91. The van der Waals surface area contributed by atoms with Crippen LogP contribution in [-0.4, -0.2) is 29.1 Å². The van der Waals surface area contributed by atoms with Crippen molar-refractivity contribution in [2.45, 2.75) is 6.54 Å². The maximum Gasteiger partial charge on any atom is 0.335 e. The zero-order chi connectivity index (χ0) is 17.0. The van der Waals surface area contributed by atoms with Crippen molar-refractivity contribution in [3.05, 3.63) is 57.3 Å². The van der Waals surface area contributed by atoms with E-state index in [9.17, 15) is 9.59 Å². The molecule has 2 N–H and O–H groups in total. The van der Waals surface area contributed by atoms with Gasteiger partial charge in [-0.2, -0.15) is 0 Å². The highest BCUT2D eigenvalue weighted by Gasteiger charge is 2.19. The molecule has 1 heterocycles. The Labute approximate surface area is 142 Å². The van der Waals surface area contributed by atoms with Crippen molar-refractivity contribution in [2.24, 2.45) is 0 Å². The van der Waals surface area contributed by atoms with E-state index in [-0.39, 0.29) is 33.5 Å². The lowest BCUT2D eigenvalue weighted by molar-refractivity contribution is 0.0696. The molecule has 6 nitrogen and oxygen atoms in total. The van der Waals surface area contributed by atoms with E-state index in [1.807, 2.05) is 0 Å². The number of methoxy groups -OCH3 is 1. The van der Waals surface area contributed by atoms with Crippen LogP contribution in [0.1, 0.15) is 26.4 Å². The predicted molar refractivity (Wildman–Crippen MR) is 85.4 cm³/mol. The number of aromatic nitrogens is 1. The molecule has 2 aromatic rings. The maximum absolute atomic E-state index is 12.3. The lowest BCUT2D eigenvalue weighted by Crippen LogP contribution is -2.24. The van der Waals surface area contributed by atoms with E-state index in [0.29, 0.717) is 5.69 Å². The first-order valence-electron chi connectivity index (χ1n) is 6.42. The normalized spacial score (nSPS) is 10.2. The van der Waals surface area contributed by atoms with Gasteiger partial charge in [0.25, 0.3) is 5.91 Å². The van der Waals surface area contributed by atoms with Gasteiger partial charge in [-0.3, -0.25) is 9.78 Å². The summed E-state index contributed by atoms with van der Waals surface area (Å²) in [6, 6.07) is 5.76. The summed E-state index contributed by atoms with van der Waals surface area (Å²) in [5.41, 5.74) is 0.592. The van der Waals surface area contributed by atoms with Gasteiger partial charge in [-0.1, -0.05) is 23.2 Å². The molecule has 0 fully saturated rings. The van der Waals surface area contributed by atoms with Crippen LogP contribution in [0.4, 0.5) is 0 Å². The van der Waals surface area contributed by atoms with Gasteiger partial charge >= 0.3 is 5.97 Å². The molecule has 23 heavy (non-hydrogen) atoms. The molecular weight excluding hydrogens is 343 g/mol. The Kier molecular flexibility index (Phi) is 5.41. The van der Waals surface area contributed by atoms with Crippen LogP contribution in [0, 0.1) is 0 Å². The van der Waals surface area contributed by atoms with Gasteiger partial charge in [0.1, 0.15) is 5.56 Å². The number of rotatable bonds is 5. The van der Waals surface area contributed by atoms with Crippen molar-refractivity contribution in [3.8, 4) is 5.75 Å². The van der Waals surface area contributed by atoms with Gasteiger partial charge in [-0.25, -0.2) is 4.79 Å². The van der Waals surface area contributed by atoms with E-state index in [0.717, 1.165) is 0 Å². The zero-order valence-corrected chi connectivity index (χ0v) is 13.5. The molecule has 0 saturated heterocycles. The van der Waals surface area contributed by atoms with E-state index in [1.54, 1.807) is 0 Å². The molecule has 0 spiro atoms. The Balaban J connectivity index is 2.19. The summed E-state index contributed by atoms with van der Waals surface area (Å²) in [6.45, 7) is 0.0337. The van der Waals surface area contributed by atoms with E-state index in [1.165, 1.54) is 37.6 Å². The molecule has 8 heteroatoms. The number of carbonyl (C=O) groups is 2. The van der Waals surface area contributed by atoms with Crippen molar-refractivity contribution in [2.75, 3.05) is 7.11 Å². The van der Waals surface area contributed by atoms with Gasteiger partial charge in [-0.15, -0.1) is 0 Å². The molecule has 120 valence electrons. The first kappa shape index (κ1) is 17.1. The Hall–Kier alpha value is -2.31. The molecule has 0 saturated carbocycles. The van der Waals surface area contributed by atoms with Crippen LogP contribution >= 0.6 is 23.2 Å². The average molecular weight is 355 g/mol. The van der Waals surface area contributed by atoms with Crippen molar-refractivity contribution < 1.29 is 19.4 Å². The molecule has 0 aliphatic heterocycles. The molecule has 0 atom stereocenters. The highest BCUT2D eigenvalue weighted by atomic mass is 35.5. The molecule has 0 aliphatic rings. The number of halogens is 2. The largest absolute Gasteiger partial charge is 0.494 e. The van der Waals surface area contributed by atoms with Gasteiger partial charge < -0.3 is 15.2 Å². The molecule has 1 aromatic carbocycles. The Morgan fingerprint density at radius 1 is 1.26 bits per heavy atom. The summed E-state index contributed by atoms with van der Waals surface area (Å²) in [5.74, 6) is -1.40. The topological polar surface area (TPSA) is 88.5 Å². The second kappa shape index (κ2) is 7.30. The summed E-state index contributed by atoms with van der Waals surface area (Å²) < 4.78 is 5.11. The van der Waals surface area contributed by atoms with Gasteiger partial charge in [-0.05, 0) is 24.3 Å². The number of ether oxygens (including phenoxy) is 1. The van der Waals surface area contributed by atoms with Crippen LogP contribution in [-0.2, 0) is 6.54 Å². The molecule has 1 amide bonds. The molecule has 0 bridgehead atoms. The quantitative estimate of drug-likeness (QED) is 0.861. The summed E-state index contributed by atoms with van der Waals surface area (Å²) in [4.78, 5) is 27.2. The monoisotopic (exact) mass is 354 g/mol. The van der Waals surface area contributed by atoms with E-state index in [4.69, 9.17) is 33.0 Å². The van der Waals surface area contributed by atoms with Crippen LogP contribution in [0.2, 0.25) is 10.0 Å². The standard InChI is InChI=1S/C15H12Cl2N2O4/c1-23-13-11(17)3-2-10(16)12(13)14(20)19-7-9-6-8(15(21)22)4-5-18-9/h2-6H,7H2,1H3,(H,19,20)(H,21,22). The van der Waals surface area contributed by atoms with Crippen LogP contribution in [0.15, 0.2) is 30.5 Å². The number of carboxylic acid groups (broad SMARTS) is 1. The third kappa shape index (κ3) is 3.91. The second-order valence-electron chi connectivity index (χ2n) is 4.46. The molecular formula is C15H12Cl2N2O4. The third-order valence-corrected chi connectivity index (χ3v) is 3.60. The van der Waals surface area contributed by atoms with Gasteiger partial charge in [0.2, 0.25) is 0 Å². The van der Waals surface area contributed by atoms with Crippen LogP contribution in [0.25, 0.3) is 0 Å². The van der Waals surface area contributed by atoms with Crippen molar-refractivity contribution in [1.29, 1.82) is 0 Å². The van der Waals surface area contributed by atoms with Crippen LogP contribution < -0.4 is 10.1 Å². The second-order valence-corrected chi connectivity index (χ2v) is 5.28. The maximum atomic E-state index is 12.3. The minimum Gasteiger partial charge on any atom is -0.494 e. The first-order chi connectivity index (χ1) is 10.9. The molecule has 0 unspecified atom stereocenters. The zero-order valence-electron chi connectivity index (χ0n) is 12.0. The first-order valence-corrected chi connectivity index (χ1v) is 7.18. The van der Waals surface area contributed by atoms with Crippen LogP contribution in [0.3, 0.4) is 0 Å². The smallest absolute Gasteiger partial charge is 0.335 e. The van der Waals surface area contributed by atoms with Crippen molar-refractivity contribution >= 4 is 35.1 Å². The number of aromatic carboxylic acids is 1. The Morgan fingerprint density at radius 2 is 1.96 bits per heavy atom. The molecule has 2 rings (SSSR count). The minimum absolute atomic E-state index is 0.0337. The number of pyridine rings is 1. The Bertz CT molecular complexity index is 765. The number of carboxylic acids is 1. The molecule has 0 radical (unpaired) electrons. The fourth-order valence-corrected chi connectivity index (χ4v) is 2.38. The highest BCUT2D eigenvalue weighted by Crippen LogP contribution is 2.33. The summed E-state index contributed by atoms with van der Waals surface area (Å²) in [6.07, 6.45) is 1.36. The number of nitrogens with one attached hydrogen (secondary N) is 1. The number of benzene rings is 1. The third-order valence-electron chi connectivity index (χ3n) is 2.98. The van der Waals surface area contributed by atoms with Gasteiger partial charge in [0.15, 0.2) is 5.75 Å². The average Bonchev–Trinajstić information content (AvgIpc) is 2.54. The number of hydrogen-bond acceptors (Lipinski definition) is 4. The van der Waals surface area contributed by atoms with E-state index < -0.39 is 11.9 Å². The van der Waals surface area contributed by atoms with Crippen molar-refractivity contribution in [1.82, 2.24) is 10.3 Å². The molecule has 0 aliphatic carbocycles. The number of carbonyl (C=O) groups excluding carboxylic acids is 1. The fraction of sp³-hybridized carbons (Fsp3) is 0.133. The summed E-state index contributed by atoms with van der Waals surface area (Å²) >= 11 is 12.0. The molecule has 1 aromatic heterocycles. The summed E-state index contributed by atoms with van der Waals surface area (Å²) in [7, 11) is 1.38. The predicted octanol–water partition coefficient (Wildman–Crippen LogP) is 3.03. The van der Waals surface area contributed by atoms with E-state index >= 15 is 0 Å². The number of amides is 1. The lowest BCUT2D eigenvalue weighted by Gasteiger charge is -2.12. The highest BCUT2D eigenvalue weighted by molar-refractivity contribution is 6.37. The van der Waals surface area contributed by atoms with Crippen molar-refractivity contribution in [3.63, 3.8) is 0 Å². The van der Waals surface area contributed by atoms with E-state index in [2.05, 4.69) is 10.3 Å². The SMILES string of the molecule is COc1c(Cl)ccc(Cl)c1C(=O)NCc1cc(C(=O)O)ccn1. The minimum atomic E-state index is -1.07. The lowest BCUT2D eigenvalue weighted by atomic mass is 10.1. The van der Waals surface area contributed by atoms with Gasteiger partial charge in [0.05, 0.1) is 35.0 Å². The number of hydrogen-bond donors (Lipinski definition) is 2. The number of nitrogens with zero attached hydrogens (tertiary/aromatic N) is 1.